The minimum absolute atomic E-state index is 0.301. The highest BCUT2D eigenvalue weighted by atomic mass is 35.5. The molecule has 1 fully saturated rings. The van der Waals surface area contributed by atoms with Gasteiger partial charge in [0.1, 0.15) is 11.3 Å². The van der Waals surface area contributed by atoms with Crippen LogP contribution in [-0.2, 0) is 14.8 Å². The van der Waals surface area contributed by atoms with Crippen molar-refractivity contribution in [2.24, 2.45) is 0 Å². The Balaban J connectivity index is 2.61. The number of amides is 1. The summed E-state index contributed by atoms with van der Waals surface area (Å²) in [4.78, 5) is 11.1. The molecule has 1 aliphatic rings. The van der Waals surface area contributed by atoms with E-state index in [4.69, 9.17) is 11.6 Å². The third-order valence-electron chi connectivity index (χ3n) is 1.54. The molecular weight excluding hydrogens is 218 g/mol. The number of alkyl halides is 1. The van der Waals surface area contributed by atoms with Crippen molar-refractivity contribution >= 4 is 27.5 Å². The Hall–Kier alpha value is -0.370. The van der Waals surface area contributed by atoms with Crippen molar-refractivity contribution in [1.82, 2.24) is 15.2 Å². The van der Waals surface area contributed by atoms with Crippen molar-refractivity contribution in [3.63, 3.8) is 0 Å². The molecule has 1 aliphatic heterocycles. The molecule has 0 aromatic rings. The summed E-state index contributed by atoms with van der Waals surface area (Å²) in [5.74, 6) is -0.365. The van der Waals surface area contributed by atoms with E-state index in [9.17, 15) is 13.2 Å². The Morgan fingerprint density at radius 1 is 1.77 bits per heavy atom. The Morgan fingerprint density at radius 2 is 2.38 bits per heavy atom. The fourth-order valence-corrected chi connectivity index (χ4v) is 1.87. The van der Waals surface area contributed by atoms with Gasteiger partial charge in [0.25, 0.3) is 5.91 Å². The van der Waals surface area contributed by atoms with E-state index in [1.807, 2.05) is 0 Å². The SMILES string of the molecule is CN1CC(NS(=O)(=O)CCl)C(=O)N1. The Bertz CT molecular complexity index is 304. The number of rotatable bonds is 3. The maximum Gasteiger partial charge on any atom is 0.253 e. The molecule has 2 N–H and O–H groups in total. The van der Waals surface area contributed by atoms with Gasteiger partial charge in [0.15, 0.2) is 0 Å². The Labute approximate surface area is 81.2 Å². The summed E-state index contributed by atoms with van der Waals surface area (Å²) in [6.45, 7) is 0.301. The fourth-order valence-electron chi connectivity index (χ4n) is 1.01. The van der Waals surface area contributed by atoms with Crippen molar-refractivity contribution in [2.45, 2.75) is 6.04 Å². The van der Waals surface area contributed by atoms with Gasteiger partial charge in [-0.1, -0.05) is 0 Å². The number of hydrazine groups is 1. The second-order valence-corrected chi connectivity index (χ2v) is 5.09. The van der Waals surface area contributed by atoms with Gasteiger partial charge in [-0.05, 0) is 0 Å². The van der Waals surface area contributed by atoms with Gasteiger partial charge < -0.3 is 0 Å². The molecule has 1 saturated heterocycles. The summed E-state index contributed by atoms with van der Waals surface area (Å²) < 4.78 is 24.1. The minimum Gasteiger partial charge on any atom is -0.288 e. The molecule has 13 heavy (non-hydrogen) atoms. The van der Waals surface area contributed by atoms with Crippen molar-refractivity contribution in [2.75, 3.05) is 18.8 Å². The molecular formula is C5H10ClN3O3S. The van der Waals surface area contributed by atoms with E-state index >= 15 is 0 Å². The predicted octanol–water partition coefficient (Wildman–Crippen LogP) is -1.55. The van der Waals surface area contributed by atoms with E-state index < -0.39 is 21.3 Å². The van der Waals surface area contributed by atoms with Crippen LogP contribution in [0.1, 0.15) is 0 Å². The highest BCUT2D eigenvalue weighted by Gasteiger charge is 2.31. The van der Waals surface area contributed by atoms with Crippen LogP contribution >= 0.6 is 11.6 Å². The van der Waals surface area contributed by atoms with Crippen LogP contribution in [0.3, 0.4) is 0 Å². The van der Waals surface area contributed by atoms with Crippen LogP contribution in [0.4, 0.5) is 0 Å². The lowest BCUT2D eigenvalue weighted by atomic mass is 10.3. The first kappa shape index (κ1) is 10.7. The summed E-state index contributed by atoms with van der Waals surface area (Å²) >= 11 is 5.16. The normalized spacial score (nSPS) is 24.8. The maximum absolute atomic E-state index is 11.1. The van der Waals surface area contributed by atoms with Gasteiger partial charge in [-0.15, -0.1) is 11.6 Å². The number of nitrogens with zero attached hydrogens (tertiary/aromatic N) is 1. The average Bonchev–Trinajstić information content (AvgIpc) is 2.30. The molecule has 0 radical (unpaired) electrons. The molecule has 1 amide bonds. The van der Waals surface area contributed by atoms with Gasteiger partial charge >= 0.3 is 0 Å². The van der Waals surface area contributed by atoms with Gasteiger partial charge in [-0.2, -0.15) is 0 Å². The van der Waals surface area contributed by atoms with Gasteiger partial charge in [-0.25, -0.2) is 18.1 Å². The zero-order valence-electron chi connectivity index (χ0n) is 6.95. The maximum atomic E-state index is 11.1. The molecule has 1 heterocycles. The summed E-state index contributed by atoms with van der Waals surface area (Å²) in [5, 5.41) is 0.963. The monoisotopic (exact) mass is 227 g/mol. The number of likely N-dealkylation sites (N-methyl/N-ethyl adjacent to an activating group) is 1. The highest BCUT2D eigenvalue weighted by molar-refractivity contribution is 7.90. The first-order chi connectivity index (χ1) is 5.94. The largest absolute Gasteiger partial charge is 0.288 e. The third-order valence-corrected chi connectivity index (χ3v) is 3.33. The summed E-state index contributed by atoms with van der Waals surface area (Å²) in [7, 11) is -1.89. The molecule has 0 aliphatic carbocycles. The molecule has 1 rings (SSSR count). The van der Waals surface area contributed by atoms with Crippen LogP contribution in [0.25, 0.3) is 0 Å². The first-order valence-corrected chi connectivity index (χ1v) is 5.71. The molecule has 0 spiro atoms. The van der Waals surface area contributed by atoms with E-state index in [2.05, 4.69) is 10.1 Å². The molecule has 8 heteroatoms. The van der Waals surface area contributed by atoms with Gasteiger partial charge in [0.05, 0.1) is 0 Å². The smallest absolute Gasteiger partial charge is 0.253 e. The van der Waals surface area contributed by atoms with Crippen molar-refractivity contribution in [3.8, 4) is 0 Å². The van der Waals surface area contributed by atoms with E-state index in [0.717, 1.165) is 0 Å². The quantitative estimate of drug-likeness (QED) is 0.572. The lowest BCUT2D eigenvalue weighted by molar-refractivity contribution is -0.121. The third kappa shape index (κ3) is 2.80. The summed E-state index contributed by atoms with van der Waals surface area (Å²) in [6.07, 6.45) is 0. The van der Waals surface area contributed by atoms with E-state index in [-0.39, 0.29) is 5.91 Å². The standard InChI is InChI=1S/C5H10ClN3O3S/c1-9-2-4(5(10)7-9)8-13(11,12)3-6/h4,8H,2-3H2,1H3,(H,7,10). The van der Waals surface area contributed by atoms with E-state index in [1.54, 1.807) is 7.05 Å². The lowest BCUT2D eigenvalue weighted by Crippen LogP contribution is -2.41. The van der Waals surface area contributed by atoms with Crippen LogP contribution < -0.4 is 10.1 Å². The van der Waals surface area contributed by atoms with Crippen LogP contribution in [-0.4, -0.2) is 44.2 Å². The van der Waals surface area contributed by atoms with Gasteiger partial charge in [0.2, 0.25) is 10.0 Å². The van der Waals surface area contributed by atoms with Crippen molar-refractivity contribution < 1.29 is 13.2 Å². The Morgan fingerprint density at radius 3 is 2.77 bits per heavy atom. The fraction of sp³-hybridized carbons (Fsp3) is 0.800. The number of carbonyl (C=O) groups is 1. The average molecular weight is 228 g/mol. The summed E-state index contributed by atoms with van der Waals surface area (Å²) in [6, 6.07) is -0.742. The number of sulfonamides is 1. The molecule has 1 atom stereocenters. The van der Waals surface area contributed by atoms with Crippen LogP contribution in [0.5, 0.6) is 0 Å². The van der Waals surface area contributed by atoms with Gasteiger partial charge in [0, 0.05) is 13.6 Å². The number of hydrogen-bond acceptors (Lipinski definition) is 4. The number of halogens is 1. The number of carbonyl (C=O) groups excluding carboxylic acids is 1. The van der Waals surface area contributed by atoms with Crippen LogP contribution in [0.15, 0.2) is 0 Å². The second kappa shape index (κ2) is 3.79. The molecule has 76 valence electrons. The Kier molecular flexibility index (Phi) is 3.12. The molecule has 0 saturated carbocycles. The van der Waals surface area contributed by atoms with Crippen LogP contribution in [0.2, 0.25) is 0 Å². The molecule has 0 aromatic carbocycles. The molecule has 0 aromatic heterocycles. The first-order valence-electron chi connectivity index (χ1n) is 3.52. The number of nitrogens with one attached hydrogen (secondary N) is 2. The predicted molar refractivity (Wildman–Crippen MR) is 47.3 cm³/mol. The van der Waals surface area contributed by atoms with Crippen LogP contribution in [0, 0.1) is 0 Å². The molecule has 6 nitrogen and oxygen atoms in total. The zero-order chi connectivity index (χ0) is 10.1. The topological polar surface area (TPSA) is 78.5 Å². The molecule has 1 unspecified atom stereocenters. The summed E-state index contributed by atoms with van der Waals surface area (Å²) in [5.41, 5.74) is 2.44. The minimum atomic E-state index is -3.53. The van der Waals surface area contributed by atoms with E-state index in [1.165, 1.54) is 5.01 Å². The van der Waals surface area contributed by atoms with Crippen molar-refractivity contribution in [3.05, 3.63) is 0 Å². The van der Waals surface area contributed by atoms with Gasteiger partial charge in [-0.3, -0.25) is 10.2 Å². The molecule has 0 bridgehead atoms. The zero-order valence-corrected chi connectivity index (χ0v) is 8.52. The highest BCUT2D eigenvalue weighted by Crippen LogP contribution is 2.00. The van der Waals surface area contributed by atoms with Crippen molar-refractivity contribution in [1.29, 1.82) is 0 Å². The number of hydrogen-bond donors (Lipinski definition) is 2. The second-order valence-electron chi connectivity index (χ2n) is 2.75. The van der Waals surface area contributed by atoms with E-state index in [0.29, 0.717) is 6.54 Å². The lowest BCUT2D eigenvalue weighted by Gasteiger charge is -2.07.